The Labute approximate surface area is 88.1 Å². The van der Waals surface area contributed by atoms with Crippen molar-refractivity contribution in [3.63, 3.8) is 0 Å². The molecule has 0 atom stereocenters. The molecule has 74 valence electrons. The number of aromatic nitrogens is 1. The number of fused-ring (bicyclic) bond motifs is 2. The maximum Gasteiger partial charge on any atom is 0.197 e. The average molecular weight is 210 g/mol. The summed E-state index contributed by atoms with van der Waals surface area (Å²) in [6, 6.07) is 0. The highest BCUT2D eigenvalue weighted by atomic mass is 35.5. The van der Waals surface area contributed by atoms with Gasteiger partial charge in [-0.25, -0.2) is 0 Å². The number of nitrogens with zero attached hydrogens (tertiary/aromatic N) is 1. The summed E-state index contributed by atoms with van der Waals surface area (Å²) < 4.78 is 1.16. The molecule has 0 spiro atoms. The first-order chi connectivity index (χ1) is 6.79. The molecular formula is C11H12ClNO. The van der Waals surface area contributed by atoms with Crippen LogP contribution in [0.3, 0.4) is 0 Å². The SMILES string of the molecule is [O-][n+]1c2c(c(Cl)c3c1CCC3)CCC2. The van der Waals surface area contributed by atoms with Gasteiger partial charge in [-0.2, -0.15) is 4.73 Å². The summed E-state index contributed by atoms with van der Waals surface area (Å²) in [5.74, 6) is 0. The van der Waals surface area contributed by atoms with Gasteiger partial charge in [-0.1, -0.05) is 11.6 Å². The van der Waals surface area contributed by atoms with Crippen molar-refractivity contribution in [2.75, 3.05) is 0 Å². The Hall–Kier alpha value is -0.760. The zero-order valence-electron chi connectivity index (χ0n) is 7.98. The van der Waals surface area contributed by atoms with Gasteiger partial charge in [0.15, 0.2) is 11.4 Å². The molecule has 1 aromatic heterocycles. The lowest BCUT2D eigenvalue weighted by atomic mass is 10.1. The summed E-state index contributed by atoms with van der Waals surface area (Å²) in [7, 11) is 0. The highest BCUT2D eigenvalue weighted by Crippen LogP contribution is 2.34. The van der Waals surface area contributed by atoms with Crippen molar-refractivity contribution in [2.24, 2.45) is 0 Å². The first-order valence-electron chi connectivity index (χ1n) is 5.23. The minimum Gasteiger partial charge on any atom is -0.618 e. The van der Waals surface area contributed by atoms with Gasteiger partial charge in [-0.15, -0.1) is 0 Å². The Balaban J connectivity index is 2.33. The van der Waals surface area contributed by atoms with E-state index in [9.17, 15) is 5.21 Å². The fourth-order valence-electron chi connectivity index (χ4n) is 2.72. The van der Waals surface area contributed by atoms with Crippen LogP contribution in [0.2, 0.25) is 5.02 Å². The molecule has 0 amide bonds. The molecule has 2 nitrogen and oxygen atoms in total. The summed E-state index contributed by atoms with van der Waals surface area (Å²) in [6.07, 6.45) is 5.96. The summed E-state index contributed by atoms with van der Waals surface area (Å²) in [5.41, 5.74) is 4.14. The Morgan fingerprint density at radius 3 is 1.93 bits per heavy atom. The third-order valence-corrected chi connectivity index (χ3v) is 3.85. The zero-order valence-corrected chi connectivity index (χ0v) is 8.73. The molecule has 0 saturated carbocycles. The van der Waals surface area contributed by atoms with E-state index in [1.165, 1.54) is 0 Å². The van der Waals surface area contributed by atoms with E-state index in [1.807, 2.05) is 0 Å². The van der Waals surface area contributed by atoms with Crippen LogP contribution in [0.25, 0.3) is 0 Å². The Kier molecular flexibility index (Phi) is 1.75. The van der Waals surface area contributed by atoms with E-state index in [0.29, 0.717) is 0 Å². The van der Waals surface area contributed by atoms with Crippen LogP contribution in [-0.2, 0) is 25.7 Å². The van der Waals surface area contributed by atoms with Gasteiger partial charge in [-0.05, 0) is 25.7 Å². The van der Waals surface area contributed by atoms with Gasteiger partial charge in [0.1, 0.15) is 0 Å². The Morgan fingerprint density at radius 1 is 0.929 bits per heavy atom. The van der Waals surface area contributed by atoms with Crippen molar-refractivity contribution in [3.8, 4) is 0 Å². The van der Waals surface area contributed by atoms with Crippen molar-refractivity contribution in [1.29, 1.82) is 0 Å². The number of hydrogen-bond donors (Lipinski definition) is 0. The van der Waals surface area contributed by atoms with Crippen molar-refractivity contribution >= 4 is 11.6 Å². The third kappa shape index (κ3) is 0.949. The Bertz CT molecular complexity index is 342. The first-order valence-corrected chi connectivity index (χ1v) is 5.61. The lowest BCUT2D eigenvalue weighted by Gasteiger charge is -2.10. The van der Waals surface area contributed by atoms with Crippen LogP contribution in [0.4, 0.5) is 0 Å². The van der Waals surface area contributed by atoms with E-state index in [1.54, 1.807) is 0 Å². The molecule has 0 aliphatic heterocycles. The summed E-state index contributed by atoms with van der Waals surface area (Å²) in [5, 5.41) is 12.9. The fraction of sp³-hybridized carbons (Fsp3) is 0.545. The predicted octanol–water partition coefficient (Wildman–Crippen LogP) is 1.95. The predicted molar refractivity (Wildman–Crippen MR) is 54.5 cm³/mol. The van der Waals surface area contributed by atoms with Crippen LogP contribution in [0.15, 0.2) is 0 Å². The third-order valence-electron chi connectivity index (χ3n) is 3.40. The standard InChI is InChI=1S/C11H12ClNO/c12-11-7-3-1-5-9(7)13(14)10-6-2-4-8(10)11/h1-6H2. The summed E-state index contributed by atoms with van der Waals surface area (Å²) >= 11 is 6.32. The average Bonchev–Trinajstić information content (AvgIpc) is 2.82. The second kappa shape index (κ2) is 2.86. The smallest absolute Gasteiger partial charge is 0.197 e. The maximum atomic E-state index is 12.0. The van der Waals surface area contributed by atoms with Crippen LogP contribution >= 0.6 is 11.6 Å². The van der Waals surface area contributed by atoms with Crippen LogP contribution in [-0.4, -0.2) is 0 Å². The first kappa shape index (κ1) is 8.54. The van der Waals surface area contributed by atoms with Crippen molar-refractivity contribution < 1.29 is 4.73 Å². The molecule has 3 heteroatoms. The van der Waals surface area contributed by atoms with Gasteiger partial charge in [0.2, 0.25) is 0 Å². The molecule has 2 aliphatic rings. The van der Waals surface area contributed by atoms with Crippen molar-refractivity contribution in [1.82, 2.24) is 0 Å². The van der Waals surface area contributed by atoms with E-state index >= 15 is 0 Å². The molecule has 0 saturated heterocycles. The van der Waals surface area contributed by atoms with Crippen molar-refractivity contribution in [3.05, 3.63) is 32.7 Å². The monoisotopic (exact) mass is 209 g/mol. The quantitative estimate of drug-likeness (QED) is 0.474. The number of hydrogen-bond acceptors (Lipinski definition) is 1. The molecule has 0 radical (unpaired) electrons. The lowest BCUT2D eigenvalue weighted by Crippen LogP contribution is -2.37. The van der Waals surface area contributed by atoms with Crippen LogP contribution in [0.1, 0.15) is 35.4 Å². The van der Waals surface area contributed by atoms with Crippen LogP contribution in [0.5, 0.6) is 0 Å². The topological polar surface area (TPSA) is 26.9 Å². The van der Waals surface area contributed by atoms with E-state index in [2.05, 4.69) is 0 Å². The minimum atomic E-state index is 0.900. The fourth-order valence-corrected chi connectivity index (χ4v) is 3.13. The second-order valence-electron chi connectivity index (χ2n) is 4.17. The molecule has 0 fully saturated rings. The molecule has 3 rings (SSSR count). The zero-order chi connectivity index (χ0) is 9.71. The highest BCUT2D eigenvalue weighted by molar-refractivity contribution is 6.32. The number of pyridine rings is 1. The van der Waals surface area contributed by atoms with Gasteiger partial charge >= 0.3 is 0 Å². The van der Waals surface area contributed by atoms with Gasteiger partial charge < -0.3 is 5.21 Å². The molecular weight excluding hydrogens is 198 g/mol. The van der Waals surface area contributed by atoms with Gasteiger partial charge in [-0.3, -0.25) is 0 Å². The largest absolute Gasteiger partial charge is 0.618 e. The van der Waals surface area contributed by atoms with Crippen molar-refractivity contribution in [2.45, 2.75) is 38.5 Å². The molecule has 14 heavy (non-hydrogen) atoms. The van der Waals surface area contributed by atoms with E-state index in [4.69, 9.17) is 11.6 Å². The van der Waals surface area contributed by atoms with Crippen LogP contribution < -0.4 is 4.73 Å². The molecule has 2 aliphatic carbocycles. The van der Waals surface area contributed by atoms with E-state index in [-0.39, 0.29) is 0 Å². The Morgan fingerprint density at radius 2 is 1.43 bits per heavy atom. The molecule has 1 aromatic rings. The maximum absolute atomic E-state index is 12.0. The van der Waals surface area contributed by atoms with Gasteiger partial charge in [0.25, 0.3) is 0 Å². The normalized spacial score (nSPS) is 18.4. The molecule has 0 unspecified atom stereocenters. The van der Waals surface area contributed by atoms with Gasteiger partial charge in [0, 0.05) is 24.0 Å². The summed E-state index contributed by atoms with van der Waals surface area (Å²) in [4.78, 5) is 0. The summed E-state index contributed by atoms with van der Waals surface area (Å²) in [6.45, 7) is 0. The lowest BCUT2D eigenvalue weighted by molar-refractivity contribution is -0.621. The molecule has 1 heterocycles. The number of halogens is 1. The molecule has 0 bridgehead atoms. The second-order valence-corrected chi connectivity index (χ2v) is 4.54. The van der Waals surface area contributed by atoms with Gasteiger partial charge in [0.05, 0.1) is 5.02 Å². The number of rotatable bonds is 0. The highest BCUT2D eigenvalue weighted by Gasteiger charge is 2.31. The minimum absolute atomic E-state index is 0.900. The van der Waals surface area contributed by atoms with E-state index < -0.39 is 0 Å². The molecule has 0 aromatic carbocycles. The molecule has 0 N–H and O–H groups in total. The van der Waals surface area contributed by atoms with E-state index in [0.717, 1.165) is 70.8 Å². The van der Waals surface area contributed by atoms with Crippen LogP contribution in [0, 0.1) is 5.21 Å².